The second-order valence-electron chi connectivity index (χ2n) is 9.79. The van der Waals surface area contributed by atoms with E-state index in [9.17, 15) is 9.18 Å². The molecular weight excluding hydrogens is 357 g/mol. The van der Waals surface area contributed by atoms with Crippen LogP contribution in [0.3, 0.4) is 0 Å². The number of ether oxygens (including phenoxy) is 2. The molecule has 2 aliphatic heterocycles. The fourth-order valence-electron chi connectivity index (χ4n) is 6.44. The largest absolute Gasteiger partial charge is 0.462 e. The van der Waals surface area contributed by atoms with Crippen LogP contribution in [-0.2, 0) is 20.7 Å². The molecule has 2 aliphatic carbocycles. The van der Waals surface area contributed by atoms with Crippen LogP contribution in [0.4, 0.5) is 4.39 Å². The van der Waals surface area contributed by atoms with Crippen molar-refractivity contribution in [3.05, 3.63) is 35.6 Å². The first kappa shape index (κ1) is 18.6. The Morgan fingerprint density at radius 2 is 2.04 bits per heavy atom. The van der Waals surface area contributed by atoms with Gasteiger partial charge in [-0.1, -0.05) is 19.1 Å². The summed E-state index contributed by atoms with van der Waals surface area (Å²) in [5.41, 5.74) is 1.51. The second-order valence-corrected chi connectivity index (χ2v) is 9.79. The van der Waals surface area contributed by atoms with Gasteiger partial charge in [0.05, 0.1) is 25.3 Å². The molecule has 0 amide bonds. The molecule has 4 nitrogen and oxygen atoms in total. The van der Waals surface area contributed by atoms with Crippen molar-refractivity contribution in [3.63, 3.8) is 0 Å². The van der Waals surface area contributed by atoms with E-state index in [1.165, 1.54) is 31.4 Å². The van der Waals surface area contributed by atoms with E-state index in [0.717, 1.165) is 44.5 Å². The fraction of sp³-hybridized carbons (Fsp3) is 0.696. The van der Waals surface area contributed by atoms with Gasteiger partial charge in [-0.25, -0.2) is 4.39 Å². The lowest BCUT2D eigenvalue weighted by Gasteiger charge is -2.51. The number of esters is 1. The van der Waals surface area contributed by atoms with E-state index >= 15 is 0 Å². The van der Waals surface area contributed by atoms with Crippen LogP contribution in [0.5, 0.6) is 0 Å². The van der Waals surface area contributed by atoms with Crippen molar-refractivity contribution >= 4 is 5.97 Å². The van der Waals surface area contributed by atoms with Gasteiger partial charge in [-0.2, -0.15) is 0 Å². The summed E-state index contributed by atoms with van der Waals surface area (Å²) in [6, 6.07) is 6.69. The summed E-state index contributed by atoms with van der Waals surface area (Å²) < 4.78 is 24.9. The Morgan fingerprint density at radius 1 is 1.25 bits per heavy atom. The number of rotatable bonds is 5. The van der Waals surface area contributed by atoms with Crippen LogP contribution in [0, 0.1) is 29.0 Å². The molecule has 4 aliphatic rings. The van der Waals surface area contributed by atoms with Gasteiger partial charge in [0.25, 0.3) is 0 Å². The summed E-state index contributed by atoms with van der Waals surface area (Å²) in [5, 5.41) is 2.23. The average molecular weight is 389 g/mol. The highest BCUT2D eigenvalue weighted by atomic mass is 19.1. The summed E-state index contributed by atoms with van der Waals surface area (Å²) in [6.07, 6.45) is 6.71. The van der Waals surface area contributed by atoms with Crippen molar-refractivity contribution in [3.8, 4) is 0 Å². The minimum Gasteiger partial charge on any atom is -0.462 e. The molecular formula is C23H31FNO3+. The van der Waals surface area contributed by atoms with Crippen LogP contribution in [0.1, 0.15) is 44.6 Å². The Hall–Kier alpha value is -1.46. The standard InChI is InChI=1S/C23H30FNO3/c1-22-8-2-9-23(14-27-23)20(22)11-17-18(21(26)28-19(17)12-22)13-25-10-7-15-3-5-16(24)6-4-15/h3-6,17-20,25H,2,7-14H2,1H3/p+1/t17-,18+,19-,20-,22-,23+/m1/s1. The van der Waals surface area contributed by atoms with Gasteiger partial charge in [-0.3, -0.25) is 4.79 Å². The maximum absolute atomic E-state index is 13.0. The molecule has 152 valence electrons. The van der Waals surface area contributed by atoms with Crippen LogP contribution < -0.4 is 5.32 Å². The highest BCUT2D eigenvalue weighted by Crippen LogP contribution is 2.62. The summed E-state index contributed by atoms with van der Waals surface area (Å²) in [6.45, 7) is 5.00. The summed E-state index contributed by atoms with van der Waals surface area (Å²) in [4.78, 5) is 12.6. The van der Waals surface area contributed by atoms with Gasteiger partial charge in [0.1, 0.15) is 17.8 Å². The Labute approximate surface area is 166 Å². The lowest BCUT2D eigenvalue weighted by atomic mass is 9.53. The van der Waals surface area contributed by atoms with E-state index in [0.29, 0.717) is 11.8 Å². The van der Waals surface area contributed by atoms with Crippen LogP contribution in [0.15, 0.2) is 24.3 Å². The zero-order valence-corrected chi connectivity index (χ0v) is 16.7. The maximum atomic E-state index is 13.0. The van der Waals surface area contributed by atoms with Crippen LogP contribution in [0.25, 0.3) is 0 Å². The van der Waals surface area contributed by atoms with Crippen molar-refractivity contribution < 1.29 is 24.0 Å². The van der Waals surface area contributed by atoms with E-state index in [1.807, 2.05) is 12.1 Å². The lowest BCUT2D eigenvalue weighted by molar-refractivity contribution is -0.658. The topological polar surface area (TPSA) is 55.4 Å². The second kappa shape index (κ2) is 6.81. The highest BCUT2D eigenvalue weighted by molar-refractivity contribution is 5.75. The zero-order chi connectivity index (χ0) is 19.4. The number of benzene rings is 1. The lowest BCUT2D eigenvalue weighted by Crippen LogP contribution is -2.86. The molecule has 0 aromatic heterocycles. The Balaban J connectivity index is 1.20. The predicted molar refractivity (Wildman–Crippen MR) is 102 cm³/mol. The van der Waals surface area contributed by atoms with E-state index in [-0.39, 0.29) is 34.8 Å². The molecule has 2 heterocycles. The Bertz CT molecular complexity index is 747. The molecule has 6 atom stereocenters. The Kier molecular flexibility index (Phi) is 4.51. The molecule has 0 bridgehead atoms. The van der Waals surface area contributed by atoms with Gasteiger partial charge in [-0.15, -0.1) is 0 Å². The molecule has 28 heavy (non-hydrogen) atoms. The number of epoxide rings is 1. The van der Waals surface area contributed by atoms with E-state index in [2.05, 4.69) is 12.2 Å². The van der Waals surface area contributed by atoms with Gasteiger partial charge < -0.3 is 14.8 Å². The first-order chi connectivity index (χ1) is 13.5. The van der Waals surface area contributed by atoms with Gasteiger partial charge in [0, 0.05) is 12.3 Å². The number of quaternary nitrogens is 1. The summed E-state index contributed by atoms with van der Waals surface area (Å²) in [5.74, 6) is 0.719. The first-order valence-electron chi connectivity index (χ1n) is 10.9. The molecule has 5 heteroatoms. The van der Waals surface area contributed by atoms with Crippen LogP contribution >= 0.6 is 0 Å². The minimum absolute atomic E-state index is 0.000458. The zero-order valence-electron chi connectivity index (χ0n) is 16.7. The van der Waals surface area contributed by atoms with Gasteiger partial charge >= 0.3 is 5.97 Å². The third kappa shape index (κ3) is 3.17. The number of fused-ring (bicyclic) bond motifs is 3. The van der Waals surface area contributed by atoms with Crippen molar-refractivity contribution in [1.82, 2.24) is 0 Å². The molecule has 0 unspecified atom stereocenters. The summed E-state index contributed by atoms with van der Waals surface area (Å²) in [7, 11) is 0. The number of hydrogen-bond donors (Lipinski definition) is 1. The fourth-order valence-corrected chi connectivity index (χ4v) is 6.44. The average Bonchev–Trinajstić information content (AvgIpc) is 3.36. The smallest absolute Gasteiger partial charge is 0.315 e. The first-order valence-corrected chi connectivity index (χ1v) is 10.9. The van der Waals surface area contributed by atoms with E-state index in [4.69, 9.17) is 9.47 Å². The molecule has 2 saturated heterocycles. The van der Waals surface area contributed by atoms with Gasteiger partial charge in [0.15, 0.2) is 0 Å². The highest BCUT2D eigenvalue weighted by Gasteiger charge is 2.65. The van der Waals surface area contributed by atoms with E-state index in [1.54, 1.807) is 0 Å². The molecule has 2 N–H and O–H groups in total. The minimum atomic E-state index is -0.197. The molecule has 1 spiro atoms. The van der Waals surface area contributed by atoms with Gasteiger partial charge in [0.2, 0.25) is 0 Å². The summed E-state index contributed by atoms with van der Waals surface area (Å²) >= 11 is 0. The monoisotopic (exact) mass is 388 g/mol. The van der Waals surface area contributed by atoms with Crippen molar-refractivity contribution in [1.29, 1.82) is 0 Å². The molecule has 1 aromatic rings. The molecule has 0 radical (unpaired) electrons. The van der Waals surface area contributed by atoms with Crippen LogP contribution in [0.2, 0.25) is 0 Å². The SMILES string of the molecule is C[C@]12CCC[C@]3(CO3)[C@@H]1C[C@@H]1[C@H](C[NH2+]CCc3ccc(F)cc3)C(=O)O[C@@H]1C2. The van der Waals surface area contributed by atoms with E-state index < -0.39 is 0 Å². The predicted octanol–water partition coefficient (Wildman–Crippen LogP) is 2.46. The normalized spacial score (nSPS) is 41.4. The molecule has 1 aromatic carbocycles. The number of nitrogens with two attached hydrogens (primary N) is 1. The van der Waals surface area contributed by atoms with Crippen molar-refractivity contribution in [2.24, 2.45) is 23.2 Å². The molecule has 4 fully saturated rings. The van der Waals surface area contributed by atoms with Crippen LogP contribution in [-0.4, -0.2) is 37.4 Å². The number of hydrogen-bond acceptors (Lipinski definition) is 3. The van der Waals surface area contributed by atoms with Crippen molar-refractivity contribution in [2.45, 2.75) is 57.2 Å². The van der Waals surface area contributed by atoms with Gasteiger partial charge in [-0.05, 0) is 61.1 Å². The van der Waals surface area contributed by atoms with Crippen molar-refractivity contribution in [2.75, 3.05) is 19.7 Å². The quantitative estimate of drug-likeness (QED) is 0.479. The Morgan fingerprint density at radius 3 is 2.79 bits per heavy atom. The number of halogens is 1. The third-order valence-electron chi connectivity index (χ3n) is 8.05. The third-order valence-corrected chi connectivity index (χ3v) is 8.05. The molecule has 2 saturated carbocycles. The number of carbonyl (C=O) groups excluding carboxylic acids is 1. The maximum Gasteiger partial charge on any atom is 0.315 e. The number of carbonyl (C=O) groups is 1. The molecule has 5 rings (SSSR count).